The number of benzene rings is 1. The summed E-state index contributed by atoms with van der Waals surface area (Å²) >= 11 is 0. The summed E-state index contributed by atoms with van der Waals surface area (Å²) in [6, 6.07) is 3.97. The van der Waals surface area contributed by atoms with Crippen molar-refractivity contribution in [3.63, 3.8) is 0 Å². The van der Waals surface area contributed by atoms with Crippen LogP contribution in [0.25, 0.3) is 0 Å². The van der Waals surface area contributed by atoms with Crippen LogP contribution in [0.2, 0.25) is 0 Å². The Balaban J connectivity index is 1.45. The van der Waals surface area contributed by atoms with Gasteiger partial charge in [0.05, 0.1) is 18.8 Å². The zero-order valence-corrected chi connectivity index (χ0v) is 15.6. The van der Waals surface area contributed by atoms with Crippen molar-refractivity contribution in [3.05, 3.63) is 35.4 Å². The van der Waals surface area contributed by atoms with Crippen LogP contribution < -0.4 is 0 Å². The summed E-state index contributed by atoms with van der Waals surface area (Å²) in [6.07, 6.45) is 1.51. The predicted octanol–water partition coefficient (Wildman–Crippen LogP) is 1.78. The first kappa shape index (κ1) is 20.1. The Morgan fingerprint density at radius 1 is 1.22 bits per heavy atom. The number of likely N-dealkylation sites (tertiary alicyclic amines) is 1. The van der Waals surface area contributed by atoms with Crippen LogP contribution in [0.5, 0.6) is 0 Å². The van der Waals surface area contributed by atoms with Gasteiger partial charge in [0.2, 0.25) is 5.91 Å². The normalized spacial score (nSPS) is 19.7. The van der Waals surface area contributed by atoms with Gasteiger partial charge in [0, 0.05) is 33.3 Å². The van der Waals surface area contributed by atoms with Crippen LogP contribution in [-0.4, -0.2) is 74.6 Å². The summed E-state index contributed by atoms with van der Waals surface area (Å²) in [4.78, 5) is 16.1. The van der Waals surface area contributed by atoms with Gasteiger partial charge in [-0.15, -0.1) is 0 Å². The SMILES string of the molecule is COCCOCC(=O)N1CCC2(CC1)CN(Cc1ccc(F)c(F)c1)CO2. The minimum atomic E-state index is -0.837. The number of amides is 1. The number of carbonyl (C=O) groups is 1. The molecule has 2 aliphatic rings. The molecule has 0 saturated carbocycles. The molecule has 2 fully saturated rings. The Hall–Kier alpha value is -1.61. The highest BCUT2D eigenvalue weighted by atomic mass is 19.2. The molecule has 2 saturated heterocycles. The van der Waals surface area contributed by atoms with Crippen LogP contribution in [0.3, 0.4) is 0 Å². The Bertz CT molecular complexity index is 651. The van der Waals surface area contributed by atoms with Crippen molar-refractivity contribution in [2.24, 2.45) is 0 Å². The van der Waals surface area contributed by atoms with E-state index in [1.807, 2.05) is 0 Å². The van der Waals surface area contributed by atoms with Gasteiger partial charge < -0.3 is 19.1 Å². The second-order valence-corrected chi connectivity index (χ2v) is 7.12. The summed E-state index contributed by atoms with van der Waals surface area (Å²) in [5.41, 5.74) is 0.446. The van der Waals surface area contributed by atoms with Gasteiger partial charge in [0.15, 0.2) is 11.6 Å². The van der Waals surface area contributed by atoms with Crippen molar-refractivity contribution in [2.75, 3.05) is 53.3 Å². The third-order valence-corrected chi connectivity index (χ3v) is 5.14. The van der Waals surface area contributed by atoms with Crippen molar-refractivity contribution >= 4 is 5.91 Å². The Labute approximate surface area is 158 Å². The molecule has 0 aliphatic carbocycles. The maximum absolute atomic E-state index is 13.4. The fraction of sp³-hybridized carbons (Fsp3) is 0.632. The van der Waals surface area contributed by atoms with Gasteiger partial charge in [0.25, 0.3) is 0 Å². The lowest BCUT2D eigenvalue weighted by molar-refractivity contribution is -0.140. The van der Waals surface area contributed by atoms with Crippen molar-refractivity contribution in [2.45, 2.75) is 25.0 Å². The summed E-state index contributed by atoms with van der Waals surface area (Å²) < 4.78 is 42.6. The first-order chi connectivity index (χ1) is 13.0. The molecule has 1 amide bonds. The van der Waals surface area contributed by atoms with Crippen molar-refractivity contribution < 1.29 is 27.8 Å². The standard InChI is InChI=1S/C19H26F2N2O4/c1-25-8-9-26-12-18(24)23-6-4-19(5-7-23)13-22(14-27-19)11-15-2-3-16(20)17(21)10-15/h2-3,10H,4-9,11-14H2,1H3. The molecule has 27 heavy (non-hydrogen) atoms. The van der Waals surface area contributed by atoms with E-state index in [-0.39, 0.29) is 18.1 Å². The molecule has 1 spiro atoms. The topological polar surface area (TPSA) is 51.2 Å². The molecule has 1 aromatic carbocycles. The molecule has 3 rings (SSSR count). The van der Waals surface area contributed by atoms with E-state index < -0.39 is 11.6 Å². The highest BCUT2D eigenvalue weighted by molar-refractivity contribution is 5.77. The molecule has 1 aromatic rings. The first-order valence-electron chi connectivity index (χ1n) is 9.16. The molecule has 2 heterocycles. The molecule has 0 N–H and O–H groups in total. The second-order valence-electron chi connectivity index (χ2n) is 7.12. The van der Waals surface area contributed by atoms with Crippen LogP contribution in [0, 0.1) is 11.6 Å². The van der Waals surface area contributed by atoms with E-state index >= 15 is 0 Å². The zero-order chi connectivity index (χ0) is 19.3. The van der Waals surface area contributed by atoms with E-state index in [1.165, 1.54) is 6.07 Å². The molecule has 0 unspecified atom stereocenters. The summed E-state index contributed by atoms with van der Waals surface area (Å²) in [5.74, 6) is -1.68. The molecule has 0 radical (unpaired) electrons. The average Bonchev–Trinajstić information content (AvgIpc) is 3.04. The minimum absolute atomic E-state index is 0.0161. The molecular weight excluding hydrogens is 358 g/mol. The van der Waals surface area contributed by atoms with E-state index in [1.54, 1.807) is 18.1 Å². The van der Waals surface area contributed by atoms with Gasteiger partial charge in [0.1, 0.15) is 13.3 Å². The van der Waals surface area contributed by atoms with Crippen LogP contribution in [0.4, 0.5) is 8.78 Å². The lowest BCUT2D eigenvalue weighted by Crippen LogP contribution is -2.49. The van der Waals surface area contributed by atoms with Gasteiger partial charge in [-0.05, 0) is 30.5 Å². The largest absolute Gasteiger partial charge is 0.382 e. The number of piperidine rings is 1. The summed E-state index contributed by atoms with van der Waals surface area (Å²) in [5, 5.41) is 0. The molecule has 150 valence electrons. The third kappa shape index (κ3) is 5.22. The molecule has 8 heteroatoms. The van der Waals surface area contributed by atoms with Gasteiger partial charge in [-0.1, -0.05) is 6.07 Å². The van der Waals surface area contributed by atoms with Crippen LogP contribution in [0.1, 0.15) is 18.4 Å². The number of hydrogen-bond donors (Lipinski definition) is 0. The lowest BCUT2D eigenvalue weighted by Gasteiger charge is -2.38. The Kier molecular flexibility index (Phi) is 6.75. The Morgan fingerprint density at radius 3 is 2.70 bits per heavy atom. The van der Waals surface area contributed by atoms with Crippen molar-refractivity contribution in [1.29, 1.82) is 0 Å². The van der Waals surface area contributed by atoms with E-state index in [0.29, 0.717) is 39.6 Å². The fourth-order valence-corrected chi connectivity index (χ4v) is 3.58. The Morgan fingerprint density at radius 2 is 2.00 bits per heavy atom. The quantitative estimate of drug-likeness (QED) is 0.671. The smallest absolute Gasteiger partial charge is 0.248 e. The molecular formula is C19H26F2N2O4. The van der Waals surface area contributed by atoms with E-state index in [9.17, 15) is 13.6 Å². The average molecular weight is 384 g/mol. The van der Waals surface area contributed by atoms with Gasteiger partial charge in [-0.2, -0.15) is 0 Å². The lowest BCUT2D eigenvalue weighted by atomic mass is 9.91. The molecule has 2 aliphatic heterocycles. The van der Waals surface area contributed by atoms with Crippen LogP contribution >= 0.6 is 0 Å². The zero-order valence-electron chi connectivity index (χ0n) is 15.6. The number of carbonyl (C=O) groups excluding carboxylic acids is 1. The van der Waals surface area contributed by atoms with Crippen LogP contribution in [0.15, 0.2) is 18.2 Å². The van der Waals surface area contributed by atoms with Gasteiger partial charge in [-0.3, -0.25) is 9.69 Å². The first-order valence-corrected chi connectivity index (χ1v) is 9.16. The number of ether oxygens (including phenoxy) is 3. The minimum Gasteiger partial charge on any atom is -0.382 e. The van der Waals surface area contributed by atoms with Crippen molar-refractivity contribution in [3.8, 4) is 0 Å². The fourth-order valence-electron chi connectivity index (χ4n) is 3.58. The number of nitrogens with zero attached hydrogens (tertiary/aromatic N) is 2. The molecule has 0 atom stereocenters. The highest BCUT2D eigenvalue weighted by Crippen LogP contribution is 2.33. The van der Waals surface area contributed by atoms with Crippen molar-refractivity contribution in [1.82, 2.24) is 9.80 Å². The second kappa shape index (κ2) is 9.05. The molecule has 0 aromatic heterocycles. The maximum atomic E-state index is 13.4. The predicted molar refractivity (Wildman–Crippen MR) is 94.0 cm³/mol. The summed E-state index contributed by atoms with van der Waals surface area (Å²) in [6.45, 7) is 3.89. The van der Waals surface area contributed by atoms with Gasteiger partial charge >= 0.3 is 0 Å². The van der Waals surface area contributed by atoms with E-state index in [4.69, 9.17) is 14.2 Å². The third-order valence-electron chi connectivity index (χ3n) is 5.14. The monoisotopic (exact) mass is 384 g/mol. The maximum Gasteiger partial charge on any atom is 0.248 e. The highest BCUT2D eigenvalue weighted by Gasteiger charge is 2.42. The number of halogens is 2. The van der Waals surface area contributed by atoms with Gasteiger partial charge in [-0.25, -0.2) is 8.78 Å². The van der Waals surface area contributed by atoms with E-state index in [0.717, 1.165) is 31.0 Å². The molecule has 0 bridgehead atoms. The number of hydrogen-bond acceptors (Lipinski definition) is 5. The number of rotatable bonds is 7. The summed E-state index contributed by atoms with van der Waals surface area (Å²) in [7, 11) is 1.59. The van der Waals surface area contributed by atoms with E-state index in [2.05, 4.69) is 4.90 Å². The van der Waals surface area contributed by atoms with Crippen LogP contribution in [-0.2, 0) is 25.5 Å². The number of methoxy groups -OCH3 is 1. The molecule has 6 nitrogen and oxygen atoms in total.